The highest BCUT2D eigenvalue weighted by molar-refractivity contribution is 6.12. The number of carbonyl (C=O) groups excluding carboxylic acids is 3. The molecule has 0 fully saturated rings. The first-order valence-corrected chi connectivity index (χ1v) is 15.3. The fourth-order valence-electron chi connectivity index (χ4n) is 5.66. The first-order chi connectivity index (χ1) is 23.4. The number of methoxy groups -OCH3 is 2. The van der Waals surface area contributed by atoms with Crippen molar-refractivity contribution in [2.24, 2.45) is 0 Å². The van der Waals surface area contributed by atoms with Gasteiger partial charge < -0.3 is 30.2 Å². The van der Waals surface area contributed by atoms with Crippen molar-refractivity contribution in [1.29, 1.82) is 0 Å². The molecule has 1 amide bonds. The second-order valence-corrected chi connectivity index (χ2v) is 11.1. The summed E-state index contributed by atoms with van der Waals surface area (Å²) in [6.07, 6.45) is 1.62. The molecule has 0 aliphatic heterocycles. The van der Waals surface area contributed by atoms with Gasteiger partial charge in [-0.15, -0.1) is 0 Å². The van der Waals surface area contributed by atoms with Crippen molar-refractivity contribution in [3.05, 3.63) is 134 Å². The van der Waals surface area contributed by atoms with Crippen LogP contribution < -0.4 is 10.8 Å². The molecule has 4 rings (SSSR count). The van der Waals surface area contributed by atoms with Crippen molar-refractivity contribution >= 4 is 35.5 Å². The Morgan fingerprint density at radius 2 is 1.20 bits per heavy atom. The number of rotatable bonds is 13. The lowest BCUT2D eigenvalue weighted by Gasteiger charge is -2.22. The number of aromatic carboxylic acids is 2. The van der Waals surface area contributed by atoms with E-state index >= 15 is 0 Å². The van der Waals surface area contributed by atoms with Crippen LogP contribution in [0.25, 0.3) is 0 Å². The summed E-state index contributed by atoms with van der Waals surface area (Å²) in [6.45, 7) is 3.85. The van der Waals surface area contributed by atoms with Crippen LogP contribution in [0, 0.1) is 0 Å². The van der Waals surface area contributed by atoms with Gasteiger partial charge in [0.25, 0.3) is 5.91 Å². The number of hydrogen-bond donors (Lipinski definition) is 5. The molecule has 0 radical (unpaired) electrons. The Balaban J connectivity index is 1.62. The van der Waals surface area contributed by atoms with Crippen molar-refractivity contribution in [1.82, 2.24) is 5.48 Å². The number of ether oxygens (including phenoxy) is 2. The van der Waals surface area contributed by atoms with E-state index in [9.17, 15) is 39.4 Å². The second-order valence-electron chi connectivity index (χ2n) is 11.1. The number of carboxylic acid groups (broad SMARTS) is 2. The van der Waals surface area contributed by atoms with Crippen molar-refractivity contribution in [2.45, 2.75) is 39.2 Å². The molecule has 4 aromatic carbocycles. The van der Waals surface area contributed by atoms with Gasteiger partial charge in [0.15, 0.2) is 0 Å². The van der Waals surface area contributed by atoms with Gasteiger partial charge in [0, 0.05) is 5.69 Å². The maximum Gasteiger partial charge on any atom is 0.337 e. The van der Waals surface area contributed by atoms with Crippen LogP contribution in [0.2, 0.25) is 0 Å². The number of carbonyl (C=O) groups is 5. The van der Waals surface area contributed by atoms with E-state index in [0.717, 1.165) is 22.3 Å². The van der Waals surface area contributed by atoms with E-state index in [1.165, 1.54) is 50.6 Å². The van der Waals surface area contributed by atoms with E-state index in [0.29, 0.717) is 30.5 Å². The molecule has 0 saturated carbocycles. The van der Waals surface area contributed by atoms with Crippen LogP contribution in [0.3, 0.4) is 0 Å². The number of carboxylic acids is 2. The van der Waals surface area contributed by atoms with Gasteiger partial charge in [0.1, 0.15) is 0 Å². The molecule has 0 aliphatic rings. The zero-order valence-electron chi connectivity index (χ0n) is 27.3. The van der Waals surface area contributed by atoms with Crippen LogP contribution >= 0.6 is 0 Å². The van der Waals surface area contributed by atoms with Crippen LogP contribution in [0.15, 0.2) is 72.8 Å². The number of esters is 2. The van der Waals surface area contributed by atoms with E-state index in [2.05, 4.69) is 10.8 Å². The Labute approximate surface area is 282 Å². The minimum absolute atomic E-state index is 0.0410. The summed E-state index contributed by atoms with van der Waals surface area (Å²) >= 11 is 0. The molecular weight excluding hydrogens is 632 g/mol. The summed E-state index contributed by atoms with van der Waals surface area (Å²) in [5, 5.41) is 32.5. The lowest BCUT2D eigenvalue weighted by molar-refractivity contribution is 0.0591. The predicted octanol–water partition coefficient (Wildman–Crippen LogP) is 5.69. The monoisotopic (exact) mass is 668 g/mol. The van der Waals surface area contributed by atoms with Gasteiger partial charge >= 0.3 is 23.9 Å². The molecule has 0 aliphatic carbocycles. The average molecular weight is 669 g/mol. The molecule has 0 heterocycles. The summed E-state index contributed by atoms with van der Waals surface area (Å²) in [6, 6.07) is 17.9. The first kappa shape index (κ1) is 36.0. The number of benzene rings is 4. The molecule has 254 valence electrons. The fraction of sp³-hybridized carbons (Fsp3) is 0.216. The zero-order valence-corrected chi connectivity index (χ0v) is 27.3. The standard InChI is InChI=1S/C37H36N2O10/c1-5-22-16-20(7-11-26(22)32(39-47)29-18-24(36(45)48-3)9-12-27(29)34(41)42)15-21-8-14-31(23(6-2)17-21)38-33(40)30-19-25(37(46)49-4)10-13-28(30)35(43)44/h7-14,16-19,32,39,47H,5-6,15H2,1-4H3,(H,38,40)(H,41,42)(H,43,44). The Bertz CT molecular complexity index is 1930. The number of aryl methyl sites for hydroxylation is 2. The summed E-state index contributed by atoms with van der Waals surface area (Å²) in [4.78, 5) is 61.3. The Morgan fingerprint density at radius 1 is 0.653 bits per heavy atom. The summed E-state index contributed by atoms with van der Waals surface area (Å²) < 4.78 is 9.50. The van der Waals surface area contributed by atoms with E-state index in [1.54, 1.807) is 12.1 Å². The molecule has 0 aromatic heterocycles. The third kappa shape index (κ3) is 8.00. The van der Waals surface area contributed by atoms with Gasteiger partial charge in [0.2, 0.25) is 0 Å². The normalized spacial score (nSPS) is 11.4. The Kier molecular flexibility index (Phi) is 11.6. The molecule has 0 bridgehead atoms. The van der Waals surface area contributed by atoms with Crippen molar-refractivity contribution in [2.75, 3.05) is 19.5 Å². The maximum atomic E-state index is 13.3. The lowest BCUT2D eigenvalue weighted by atomic mass is 9.88. The third-order valence-electron chi connectivity index (χ3n) is 8.17. The maximum absolute atomic E-state index is 13.3. The highest BCUT2D eigenvalue weighted by Crippen LogP contribution is 2.31. The van der Waals surface area contributed by atoms with Gasteiger partial charge in [-0.25, -0.2) is 19.2 Å². The molecule has 0 spiro atoms. The first-order valence-electron chi connectivity index (χ1n) is 15.3. The molecule has 12 nitrogen and oxygen atoms in total. The quantitative estimate of drug-likeness (QED) is 0.0869. The van der Waals surface area contributed by atoms with Gasteiger partial charge in [-0.1, -0.05) is 44.2 Å². The van der Waals surface area contributed by atoms with Crippen molar-refractivity contribution < 1.29 is 48.9 Å². The Morgan fingerprint density at radius 3 is 1.76 bits per heavy atom. The molecule has 1 unspecified atom stereocenters. The van der Waals surface area contributed by atoms with Gasteiger partial charge in [-0.2, -0.15) is 5.48 Å². The molecule has 4 aromatic rings. The number of nitrogens with one attached hydrogen (secondary N) is 2. The van der Waals surface area contributed by atoms with Crippen molar-refractivity contribution in [3.63, 3.8) is 0 Å². The number of hydroxylamine groups is 1. The molecule has 5 N–H and O–H groups in total. The number of anilines is 1. The highest BCUT2D eigenvalue weighted by Gasteiger charge is 2.25. The molecular formula is C37H36N2O10. The number of hydrogen-bond acceptors (Lipinski definition) is 9. The smallest absolute Gasteiger partial charge is 0.337 e. The molecule has 49 heavy (non-hydrogen) atoms. The minimum Gasteiger partial charge on any atom is -0.478 e. The molecule has 12 heteroatoms. The highest BCUT2D eigenvalue weighted by atomic mass is 16.5. The number of amides is 1. The minimum atomic E-state index is -1.32. The summed E-state index contributed by atoms with van der Waals surface area (Å²) in [7, 11) is 2.41. The van der Waals surface area contributed by atoms with Crippen LogP contribution in [0.1, 0.15) is 105 Å². The largest absolute Gasteiger partial charge is 0.478 e. The van der Waals surface area contributed by atoms with E-state index in [4.69, 9.17) is 9.47 Å². The average Bonchev–Trinajstić information content (AvgIpc) is 3.11. The summed E-state index contributed by atoms with van der Waals surface area (Å²) in [5.41, 5.74) is 6.69. The Hall–Kier alpha value is -5.85. The van der Waals surface area contributed by atoms with E-state index < -0.39 is 35.8 Å². The molecule has 0 saturated heterocycles. The van der Waals surface area contributed by atoms with Crippen LogP contribution in [0.4, 0.5) is 5.69 Å². The molecule has 1 atom stereocenters. The third-order valence-corrected chi connectivity index (χ3v) is 8.17. The van der Waals surface area contributed by atoms with E-state index in [-0.39, 0.29) is 33.4 Å². The summed E-state index contributed by atoms with van der Waals surface area (Å²) in [5.74, 6) is -4.57. The van der Waals surface area contributed by atoms with Crippen molar-refractivity contribution in [3.8, 4) is 0 Å². The van der Waals surface area contributed by atoms with Gasteiger partial charge in [0.05, 0.1) is 48.1 Å². The zero-order chi connectivity index (χ0) is 35.8. The van der Waals surface area contributed by atoms with E-state index in [1.807, 2.05) is 38.1 Å². The van der Waals surface area contributed by atoms with Crippen LogP contribution in [-0.2, 0) is 28.7 Å². The predicted molar refractivity (Wildman–Crippen MR) is 179 cm³/mol. The van der Waals surface area contributed by atoms with Crippen LogP contribution in [0.5, 0.6) is 0 Å². The van der Waals surface area contributed by atoms with Gasteiger partial charge in [-0.3, -0.25) is 4.79 Å². The topological polar surface area (TPSA) is 189 Å². The second kappa shape index (κ2) is 15.8. The van der Waals surface area contributed by atoms with Gasteiger partial charge in [-0.05, 0) is 95.1 Å². The fourth-order valence-corrected chi connectivity index (χ4v) is 5.66. The lowest BCUT2D eigenvalue weighted by Crippen LogP contribution is -2.23. The SMILES string of the molecule is CCc1cc(Cc2ccc(C(NO)c3cc(C(=O)OC)ccc3C(=O)O)c(CC)c2)ccc1NC(=O)c1cc(C(=O)OC)ccc1C(=O)O. The van der Waals surface area contributed by atoms with Crippen LogP contribution in [-0.4, -0.2) is 59.4 Å².